The number of amides is 1. The molecule has 1 saturated heterocycles. The molecular weight excluding hydrogens is 378 g/mol. The molecule has 1 unspecified atom stereocenters. The van der Waals surface area contributed by atoms with Crippen molar-refractivity contribution in [2.75, 3.05) is 6.54 Å². The summed E-state index contributed by atoms with van der Waals surface area (Å²) >= 11 is 0. The highest BCUT2D eigenvalue weighted by Crippen LogP contribution is 2.51. The zero-order chi connectivity index (χ0) is 21.1. The fourth-order valence-corrected chi connectivity index (χ4v) is 4.39. The molecule has 1 amide bonds. The highest BCUT2D eigenvalue weighted by Gasteiger charge is 2.49. The summed E-state index contributed by atoms with van der Waals surface area (Å²) in [5, 5.41) is 19.9. The SMILES string of the molecule is O=C(O)c1ccc(CCN2C(=O)CC[C@@H]2/C=C/C(O)C2(c3ccccc3)CC2)cc1. The normalized spacial score (nSPS) is 21.2. The first-order valence-electron chi connectivity index (χ1n) is 10.5. The molecular formula is C25H27NO4. The van der Waals surface area contributed by atoms with E-state index in [-0.39, 0.29) is 22.9 Å². The van der Waals surface area contributed by atoms with Crippen molar-refractivity contribution < 1.29 is 19.8 Å². The molecule has 2 aliphatic rings. The van der Waals surface area contributed by atoms with Crippen LogP contribution < -0.4 is 0 Å². The van der Waals surface area contributed by atoms with E-state index in [2.05, 4.69) is 12.1 Å². The Morgan fingerprint density at radius 3 is 2.47 bits per heavy atom. The van der Waals surface area contributed by atoms with Gasteiger partial charge in [0, 0.05) is 18.4 Å². The predicted molar refractivity (Wildman–Crippen MR) is 114 cm³/mol. The van der Waals surface area contributed by atoms with Crippen LogP contribution in [-0.4, -0.2) is 45.7 Å². The number of aliphatic hydroxyl groups is 1. The summed E-state index contributed by atoms with van der Waals surface area (Å²) in [5.74, 6) is -0.811. The molecule has 0 radical (unpaired) electrons. The van der Waals surface area contributed by atoms with Crippen molar-refractivity contribution in [2.45, 2.75) is 49.7 Å². The number of rotatable bonds is 8. The zero-order valence-corrected chi connectivity index (χ0v) is 16.9. The quantitative estimate of drug-likeness (QED) is 0.658. The van der Waals surface area contributed by atoms with Crippen LogP contribution in [0.2, 0.25) is 0 Å². The van der Waals surface area contributed by atoms with Gasteiger partial charge in [-0.15, -0.1) is 0 Å². The molecule has 4 rings (SSSR count). The van der Waals surface area contributed by atoms with Gasteiger partial charge in [0.05, 0.1) is 17.7 Å². The first kappa shape index (κ1) is 20.4. The van der Waals surface area contributed by atoms with Crippen LogP contribution in [0.15, 0.2) is 66.7 Å². The molecule has 156 valence electrons. The molecule has 1 saturated carbocycles. The largest absolute Gasteiger partial charge is 0.478 e. The third-order valence-corrected chi connectivity index (χ3v) is 6.44. The monoisotopic (exact) mass is 405 g/mol. The Balaban J connectivity index is 1.38. The highest BCUT2D eigenvalue weighted by atomic mass is 16.4. The molecule has 0 bridgehead atoms. The third kappa shape index (κ3) is 4.17. The first-order valence-corrected chi connectivity index (χ1v) is 10.5. The van der Waals surface area contributed by atoms with Crippen molar-refractivity contribution in [1.82, 2.24) is 4.90 Å². The molecule has 1 aliphatic carbocycles. The first-order chi connectivity index (χ1) is 14.5. The minimum Gasteiger partial charge on any atom is -0.478 e. The highest BCUT2D eigenvalue weighted by molar-refractivity contribution is 5.87. The molecule has 2 fully saturated rings. The standard InChI is InChI=1S/C25H27NO4/c27-22(25(15-16-25)20-4-2-1-3-5-20)12-10-21-11-13-23(28)26(21)17-14-18-6-8-19(9-7-18)24(29)30/h1-10,12,21-22,27H,11,13-17H2,(H,29,30)/b12-10+/t21-,22?/m0/s1. The van der Waals surface area contributed by atoms with Crippen LogP contribution >= 0.6 is 0 Å². The van der Waals surface area contributed by atoms with Gasteiger partial charge in [-0.05, 0) is 48.9 Å². The van der Waals surface area contributed by atoms with Crippen LogP contribution in [0, 0.1) is 0 Å². The molecule has 2 atom stereocenters. The topological polar surface area (TPSA) is 77.8 Å². The zero-order valence-electron chi connectivity index (χ0n) is 16.9. The van der Waals surface area contributed by atoms with Crippen LogP contribution in [0.25, 0.3) is 0 Å². The number of carboxylic acids is 1. The van der Waals surface area contributed by atoms with Crippen molar-refractivity contribution in [1.29, 1.82) is 0 Å². The third-order valence-electron chi connectivity index (χ3n) is 6.44. The second kappa shape index (κ2) is 8.44. The molecule has 2 aromatic carbocycles. The van der Waals surface area contributed by atoms with Crippen molar-refractivity contribution >= 4 is 11.9 Å². The average molecular weight is 405 g/mol. The number of aromatic carboxylic acids is 1. The lowest BCUT2D eigenvalue weighted by Gasteiger charge is -2.24. The number of benzene rings is 2. The summed E-state index contributed by atoms with van der Waals surface area (Å²) in [5.41, 5.74) is 2.25. The van der Waals surface area contributed by atoms with Crippen molar-refractivity contribution in [2.24, 2.45) is 0 Å². The van der Waals surface area contributed by atoms with Gasteiger partial charge < -0.3 is 15.1 Å². The lowest BCUT2D eigenvalue weighted by molar-refractivity contribution is -0.128. The van der Waals surface area contributed by atoms with Crippen molar-refractivity contribution in [3.05, 3.63) is 83.4 Å². The van der Waals surface area contributed by atoms with Gasteiger partial charge >= 0.3 is 5.97 Å². The van der Waals surface area contributed by atoms with Gasteiger partial charge in [-0.3, -0.25) is 4.79 Å². The molecule has 2 N–H and O–H groups in total. The Bertz CT molecular complexity index is 931. The Hall–Kier alpha value is -2.92. The molecule has 0 spiro atoms. The van der Waals surface area contributed by atoms with Crippen LogP contribution in [-0.2, 0) is 16.6 Å². The van der Waals surface area contributed by atoms with Crippen LogP contribution in [0.1, 0.15) is 47.2 Å². The van der Waals surface area contributed by atoms with Crippen LogP contribution in [0.3, 0.4) is 0 Å². The van der Waals surface area contributed by atoms with Crippen molar-refractivity contribution in [3.63, 3.8) is 0 Å². The maximum absolute atomic E-state index is 12.4. The van der Waals surface area contributed by atoms with E-state index < -0.39 is 12.1 Å². The minimum atomic E-state index is -0.941. The number of aliphatic hydroxyl groups excluding tert-OH is 1. The van der Waals surface area contributed by atoms with Crippen LogP contribution in [0.5, 0.6) is 0 Å². The molecule has 0 aromatic heterocycles. The van der Waals surface area contributed by atoms with E-state index in [0.29, 0.717) is 19.4 Å². The maximum atomic E-state index is 12.4. The Kier molecular flexibility index (Phi) is 5.73. The number of carbonyl (C=O) groups excluding carboxylic acids is 1. The Labute approximate surface area is 176 Å². The van der Waals surface area contributed by atoms with Gasteiger partial charge in [-0.2, -0.15) is 0 Å². The summed E-state index contributed by atoms with van der Waals surface area (Å²) in [6, 6.07) is 16.9. The summed E-state index contributed by atoms with van der Waals surface area (Å²) in [6.07, 6.45) is 7.22. The van der Waals surface area contributed by atoms with E-state index in [0.717, 1.165) is 24.8 Å². The summed E-state index contributed by atoms with van der Waals surface area (Å²) in [4.78, 5) is 25.2. The fraction of sp³-hybridized carbons (Fsp3) is 0.360. The minimum absolute atomic E-state index is 0.00276. The van der Waals surface area contributed by atoms with E-state index in [1.165, 1.54) is 5.56 Å². The number of nitrogens with zero attached hydrogens (tertiary/aromatic N) is 1. The number of carboxylic acid groups (broad SMARTS) is 1. The van der Waals surface area contributed by atoms with Gasteiger partial charge in [0.1, 0.15) is 0 Å². The average Bonchev–Trinajstić information content (AvgIpc) is 3.51. The maximum Gasteiger partial charge on any atom is 0.335 e. The van der Waals surface area contributed by atoms with Gasteiger partial charge in [0.15, 0.2) is 0 Å². The van der Waals surface area contributed by atoms with E-state index in [1.807, 2.05) is 35.3 Å². The molecule has 5 heteroatoms. The van der Waals surface area contributed by atoms with Gasteiger partial charge in [0.2, 0.25) is 5.91 Å². The second-order valence-electron chi connectivity index (χ2n) is 8.30. The Morgan fingerprint density at radius 1 is 1.13 bits per heavy atom. The summed E-state index contributed by atoms with van der Waals surface area (Å²) in [6.45, 7) is 0.584. The van der Waals surface area contributed by atoms with Crippen LogP contribution in [0.4, 0.5) is 0 Å². The van der Waals surface area contributed by atoms with Gasteiger partial charge in [0.25, 0.3) is 0 Å². The summed E-state index contributed by atoms with van der Waals surface area (Å²) in [7, 11) is 0. The van der Waals surface area contributed by atoms with Crippen molar-refractivity contribution in [3.8, 4) is 0 Å². The number of hydrogen-bond acceptors (Lipinski definition) is 3. The lowest BCUT2D eigenvalue weighted by atomic mass is 9.89. The van der Waals surface area contributed by atoms with E-state index in [1.54, 1.807) is 24.3 Å². The Morgan fingerprint density at radius 2 is 1.83 bits per heavy atom. The van der Waals surface area contributed by atoms with E-state index >= 15 is 0 Å². The fourth-order valence-electron chi connectivity index (χ4n) is 4.39. The predicted octanol–water partition coefficient (Wildman–Crippen LogP) is 3.57. The molecule has 2 aromatic rings. The van der Waals surface area contributed by atoms with E-state index in [9.17, 15) is 14.7 Å². The number of likely N-dealkylation sites (tertiary alicyclic amines) is 1. The number of hydrogen-bond donors (Lipinski definition) is 2. The van der Waals surface area contributed by atoms with Gasteiger partial charge in [-0.1, -0.05) is 54.6 Å². The molecule has 30 heavy (non-hydrogen) atoms. The lowest BCUT2D eigenvalue weighted by Crippen LogP contribution is -2.34. The molecule has 5 nitrogen and oxygen atoms in total. The van der Waals surface area contributed by atoms with Gasteiger partial charge in [-0.25, -0.2) is 4.79 Å². The number of carbonyl (C=O) groups is 2. The van der Waals surface area contributed by atoms with E-state index in [4.69, 9.17) is 5.11 Å². The molecule has 1 aliphatic heterocycles. The summed E-state index contributed by atoms with van der Waals surface area (Å²) < 4.78 is 0. The molecule has 1 heterocycles. The second-order valence-corrected chi connectivity index (χ2v) is 8.30. The smallest absolute Gasteiger partial charge is 0.335 e.